The molecule has 1 aliphatic carbocycles. The van der Waals surface area contributed by atoms with Gasteiger partial charge < -0.3 is 0 Å². The van der Waals surface area contributed by atoms with Gasteiger partial charge in [-0.25, -0.2) is 4.98 Å². The van der Waals surface area contributed by atoms with Crippen LogP contribution < -0.4 is 0 Å². The molecule has 1 aromatic heterocycles. The Hall–Kier alpha value is -3.45. The van der Waals surface area contributed by atoms with Crippen molar-refractivity contribution in [2.45, 2.75) is 39.0 Å². The third kappa shape index (κ3) is 2.54. The van der Waals surface area contributed by atoms with Crippen LogP contribution in [0, 0.1) is 0 Å². The lowest BCUT2D eigenvalue weighted by atomic mass is 9.80. The van der Waals surface area contributed by atoms with Gasteiger partial charge in [-0.2, -0.15) is 0 Å². The molecule has 156 valence electrons. The maximum atomic E-state index is 5.31. The summed E-state index contributed by atoms with van der Waals surface area (Å²) in [5.74, 6) is 0.476. The normalized spacial score (nSPS) is 14.2. The molecule has 5 aromatic rings. The molecule has 0 unspecified atom stereocenters. The Morgan fingerprint density at radius 1 is 0.656 bits per heavy atom. The molecule has 4 aromatic carbocycles. The summed E-state index contributed by atoms with van der Waals surface area (Å²) in [5, 5.41) is 3.87. The molecular formula is C31H27N. The van der Waals surface area contributed by atoms with Crippen LogP contribution >= 0.6 is 0 Å². The lowest BCUT2D eigenvalue weighted by Crippen LogP contribution is -2.15. The third-order valence-corrected chi connectivity index (χ3v) is 7.22. The van der Waals surface area contributed by atoms with Crippen molar-refractivity contribution in [3.8, 4) is 22.4 Å². The van der Waals surface area contributed by atoms with E-state index < -0.39 is 0 Å². The van der Waals surface area contributed by atoms with Crippen LogP contribution in [0.5, 0.6) is 0 Å². The van der Waals surface area contributed by atoms with Crippen LogP contribution in [0.3, 0.4) is 0 Å². The number of hydrogen-bond acceptors (Lipinski definition) is 1. The van der Waals surface area contributed by atoms with Gasteiger partial charge in [-0.3, -0.25) is 0 Å². The fourth-order valence-electron chi connectivity index (χ4n) is 5.73. The smallest absolute Gasteiger partial charge is 0.0797 e. The van der Waals surface area contributed by atoms with E-state index in [1.807, 2.05) is 0 Å². The Morgan fingerprint density at radius 2 is 1.31 bits per heavy atom. The quantitative estimate of drug-likeness (QED) is 0.283. The summed E-state index contributed by atoms with van der Waals surface area (Å²) in [5.41, 5.74) is 10.1. The second-order valence-electron chi connectivity index (χ2n) is 9.80. The molecule has 0 fully saturated rings. The van der Waals surface area contributed by atoms with E-state index in [-0.39, 0.29) is 5.41 Å². The van der Waals surface area contributed by atoms with E-state index >= 15 is 0 Å². The first-order valence-electron chi connectivity index (χ1n) is 11.5. The molecule has 1 heterocycles. The molecule has 1 nitrogen and oxygen atoms in total. The summed E-state index contributed by atoms with van der Waals surface area (Å²) in [6.45, 7) is 9.25. The number of pyridine rings is 1. The number of nitrogens with zero attached hydrogens (tertiary/aromatic N) is 1. The summed E-state index contributed by atoms with van der Waals surface area (Å²) < 4.78 is 0. The molecule has 32 heavy (non-hydrogen) atoms. The lowest BCUT2D eigenvalue weighted by Gasteiger charge is -2.24. The molecule has 0 bridgehead atoms. The standard InChI is InChI=1S/C31H27N/c1-19(2)20-17-18-23(22-12-6-5-11-21(20)22)30-28-24-13-7-9-15-26(24)31(3,4)29(28)25-14-8-10-16-27(25)32-30/h5-19H,1-4H3. The Morgan fingerprint density at radius 3 is 2.09 bits per heavy atom. The van der Waals surface area contributed by atoms with E-state index in [9.17, 15) is 0 Å². The van der Waals surface area contributed by atoms with Crippen molar-refractivity contribution in [2.24, 2.45) is 0 Å². The number of hydrogen-bond donors (Lipinski definition) is 0. The molecular weight excluding hydrogens is 386 g/mol. The molecule has 0 saturated heterocycles. The Labute approximate surface area is 189 Å². The predicted octanol–water partition coefficient (Wildman–Crippen LogP) is 8.48. The van der Waals surface area contributed by atoms with Gasteiger partial charge in [0.05, 0.1) is 11.2 Å². The maximum absolute atomic E-state index is 5.31. The van der Waals surface area contributed by atoms with Gasteiger partial charge in [-0.05, 0) is 45.0 Å². The van der Waals surface area contributed by atoms with Gasteiger partial charge in [0.2, 0.25) is 0 Å². The zero-order valence-electron chi connectivity index (χ0n) is 19.1. The van der Waals surface area contributed by atoms with Gasteiger partial charge in [0.25, 0.3) is 0 Å². The van der Waals surface area contributed by atoms with Gasteiger partial charge in [0.15, 0.2) is 0 Å². The Kier molecular flexibility index (Phi) is 4.07. The summed E-state index contributed by atoms with van der Waals surface area (Å²) in [7, 11) is 0. The van der Waals surface area contributed by atoms with Crippen molar-refractivity contribution in [2.75, 3.05) is 0 Å². The van der Waals surface area contributed by atoms with Crippen LogP contribution in [-0.2, 0) is 5.41 Å². The lowest BCUT2D eigenvalue weighted by molar-refractivity contribution is 0.666. The van der Waals surface area contributed by atoms with Gasteiger partial charge in [0, 0.05) is 21.9 Å². The van der Waals surface area contributed by atoms with E-state index in [4.69, 9.17) is 4.98 Å². The molecule has 0 amide bonds. The van der Waals surface area contributed by atoms with Gasteiger partial charge >= 0.3 is 0 Å². The van der Waals surface area contributed by atoms with Crippen molar-refractivity contribution in [3.05, 3.63) is 102 Å². The summed E-state index contributed by atoms with van der Waals surface area (Å²) in [4.78, 5) is 5.31. The Bertz CT molecular complexity index is 1520. The van der Waals surface area contributed by atoms with E-state index in [0.717, 1.165) is 11.2 Å². The molecule has 0 spiro atoms. The second kappa shape index (κ2) is 6.77. The van der Waals surface area contributed by atoms with Crippen LogP contribution in [0.25, 0.3) is 44.1 Å². The average Bonchev–Trinajstić information content (AvgIpc) is 3.06. The minimum atomic E-state index is -0.0725. The van der Waals surface area contributed by atoms with Crippen LogP contribution in [0.4, 0.5) is 0 Å². The van der Waals surface area contributed by atoms with Gasteiger partial charge in [-0.1, -0.05) is 107 Å². The molecule has 1 aliphatic rings. The summed E-state index contributed by atoms with van der Waals surface area (Å²) >= 11 is 0. The van der Waals surface area contributed by atoms with Crippen molar-refractivity contribution >= 4 is 21.7 Å². The number of para-hydroxylation sites is 1. The van der Waals surface area contributed by atoms with Crippen LogP contribution in [0.15, 0.2) is 84.9 Å². The number of fused-ring (bicyclic) bond motifs is 6. The fourth-order valence-corrected chi connectivity index (χ4v) is 5.73. The SMILES string of the molecule is CC(C)c1ccc(-c2nc3ccccc3c3c2-c2ccccc2C3(C)C)c2ccccc12. The molecule has 1 heteroatoms. The highest BCUT2D eigenvalue weighted by atomic mass is 14.7. The topological polar surface area (TPSA) is 12.9 Å². The minimum Gasteiger partial charge on any atom is -0.247 e. The van der Waals surface area contributed by atoms with Crippen LogP contribution in [0.1, 0.15) is 50.3 Å². The highest BCUT2D eigenvalue weighted by Crippen LogP contribution is 2.54. The van der Waals surface area contributed by atoms with E-state index in [1.165, 1.54) is 49.5 Å². The first kappa shape index (κ1) is 19.3. The first-order chi connectivity index (χ1) is 15.5. The van der Waals surface area contributed by atoms with Crippen molar-refractivity contribution in [1.82, 2.24) is 4.98 Å². The maximum Gasteiger partial charge on any atom is 0.0797 e. The molecule has 6 rings (SSSR count). The molecule has 0 radical (unpaired) electrons. The summed E-state index contributed by atoms with van der Waals surface area (Å²) in [6, 6.07) is 30.9. The van der Waals surface area contributed by atoms with Crippen molar-refractivity contribution in [3.63, 3.8) is 0 Å². The minimum absolute atomic E-state index is 0.0725. The predicted molar refractivity (Wildman–Crippen MR) is 136 cm³/mol. The highest BCUT2D eigenvalue weighted by Gasteiger charge is 2.39. The Balaban J connectivity index is 1.80. The fraction of sp³-hybridized carbons (Fsp3) is 0.194. The average molecular weight is 414 g/mol. The third-order valence-electron chi connectivity index (χ3n) is 7.22. The second-order valence-corrected chi connectivity index (χ2v) is 9.80. The number of aromatic nitrogens is 1. The summed E-state index contributed by atoms with van der Waals surface area (Å²) in [6.07, 6.45) is 0. The van der Waals surface area contributed by atoms with Gasteiger partial charge in [-0.15, -0.1) is 0 Å². The van der Waals surface area contributed by atoms with E-state index in [1.54, 1.807) is 0 Å². The monoisotopic (exact) mass is 413 g/mol. The number of rotatable bonds is 2. The molecule has 0 atom stereocenters. The zero-order chi connectivity index (χ0) is 22.0. The number of benzene rings is 4. The van der Waals surface area contributed by atoms with Crippen LogP contribution in [-0.4, -0.2) is 4.98 Å². The molecule has 0 saturated carbocycles. The molecule has 0 N–H and O–H groups in total. The van der Waals surface area contributed by atoms with E-state index in [2.05, 4.69) is 113 Å². The van der Waals surface area contributed by atoms with Crippen molar-refractivity contribution in [1.29, 1.82) is 0 Å². The highest BCUT2D eigenvalue weighted by molar-refractivity contribution is 6.06. The van der Waals surface area contributed by atoms with Crippen molar-refractivity contribution < 1.29 is 0 Å². The largest absolute Gasteiger partial charge is 0.247 e. The zero-order valence-corrected chi connectivity index (χ0v) is 19.1. The van der Waals surface area contributed by atoms with Crippen LogP contribution in [0.2, 0.25) is 0 Å². The first-order valence-corrected chi connectivity index (χ1v) is 11.5. The molecule has 0 aliphatic heterocycles. The van der Waals surface area contributed by atoms with E-state index in [0.29, 0.717) is 5.92 Å². The van der Waals surface area contributed by atoms with Gasteiger partial charge in [0.1, 0.15) is 0 Å².